The van der Waals surface area contributed by atoms with Gasteiger partial charge in [0.15, 0.2) is 0 Å². The highest BCUT2D eigenvalue weighted by Gasteiger charge is 2.16. The van der Waals surface area contributed by atoms with Crippen molar-refractivity contribution in [3.8, 4) is 22.6 Å². The molecule has 0 aliphatic heterocycles. The van der Waals surface area contributed by atoms with Gasteiger partial charge in [0.2, 0.25) is 0 Å². The van der Waals surface area contributed by atoms with E-state index in [1.165, 1.54) is 12.1 Å². The second-order valence-corrected chi connectivity index (χ2v) is 5.87. The molecule has 0 aliphatic carbocycles. The number of rotatable bonds is 6. The molecule has 0 fully saturated rings. The first kappa shape index (κ1) is 18.8. The molecule has 0 amide bonds. The van der Waals surface area contributed by atoms with E-state index in [4.69, 9.17) is 4.74 Å². The summed E-state index contributed by atoms with van der Waals surface area (Å²) in [6.45, 7) is 1.15. The molecule has 0 unspecified atom stereocenters. The fourth-order valence-electron chi connectivity index (χ4n) is 2.96. The summed E-state index contributed by atoms with van der Waals surface area (Å²) >= 11 is 0. The zero-order valence-electron chi connectivity index (χ0n) is 15.0. The Kier molecular flexibility index (Phi) is 5.69. The normalized spacial score (nSPS) is 11.5. The van der Waals surface area contributed by atoms with Gasteiger partial charge in [-0.3, -0.25) is 0 Å². The molecule has 2 nitrogen and oxygen atoms in total. The van der Waals surface area contributed by atoms with E-state index in [2.05, 4.69) is 4.74 Å². The number of hydrogen-bond donors (Lipinski definition) is 0. The quantitative estimate of drug-likeness (QED) is 0.480. The fraction of sp³-hybridized carbons (Fsp3) is 0.182. The predicted octanol–water partition coefficient (Wildman–Crippen LogP) is 6.68. The largest absolute Gasteiger partial charge is 0.494 e. The van der Waals surface area contributed by atoms with E-state index in [0.29, 0.717) is 17.4 Å². The lowest BCUT2D eigenvalue weighted by molar-refractivity contribution is -0.0500. The molecular weight excluding hydrogens is 353 g/mol. The summed E-state index contributed by atoms with van der Waals surface area (Å²) in [7, 11) is 0. The Morgan fingerprint density at radius 3 is 2.33 bits per heavy atom. The van der Waals surface area contributed by atoms with Crippen LogP contribution < -0.4 is 9.47 Å². The molecule has 27 heavy (non-hydrogen) atoms. The average molecular weight is 372 g/mol. The molecule has 140 valence electrons. The van der Waals surface area contributed by atoms with Gasteiger partial charge in [-0.25, -0.2) is 4.39 Å². The molecule has 0 saturated carbocycles. The Labute approximate surface area is 155 Å². The summed E-state index contributed by atoms with van der Waals surface area (Å²) in [5.74, 6) is -0.00636. The van der Waals surface area contributed by atoms with Crippen LogP contribution >= 0.6 is 0 Å². The Balaban J connectivity index is 2.09. The van der Waals surface area contributed by atoms with Gasteiger partial charge in [0.25, 0.3) is 0 Å². The van der Waals surface area contributed by atoms with E-state index in [0.717, 1.165) is 16.9 Å². The van der Waals surface area contributed by atoms with Crippen LogP contribution in [0.1, 0.15) is 19.4 Å². The number of benzene rings is 3. The van der Waals surface area contributed by atoms with E-state index < -0.39 is 12.4 Å². The lowest BCUT2D eigenvalue weighted by Crippen LogP contribution is -2.04. The van der Waals surface area contributed by atoms with Crippen molar-refractivity contribution < 1.29 is 22.6 Å². The molecule has 0 aromatic heterocycles. The van der Waals surface area contributed by atoms with Gasteiger partial charge in [-0.2, -0.15) is 8.78 Å². The van der Waals surface area contributed by atoms with Crippen molar-refractivity contribution in [3.63, 3.8) is 0 Å². The summed E-state index contributed by atoms with van der Waals surface area (Å²) in [4.78, 5) is 0. The number of allylic oxidation sites excluding steroid dienone is 1. The first-order chi connectivity index (χ1) is 13.0. The van der Waals surface area contributed by atoms with Crippen molar-refractivity contribution >= 4 is 16.8 Å². The van der Waals surface area contributed by atoms with Gasteiger partial charge in [0.1, 0.15) is 17.3 Å². The second kappa shape index (κ2) is 8.16. The van der Waals surface area contributed by atoms with E-state index in [-0.39, 0.29) is 11.3 Å². The van der Waals surface area contributed by atoms with Gasteiger partial charge in [0, 0.05) is 5.39 Å². The monoisotopic (exact) mass is 372 g/mol. The summed E-state index contributed by atoms with van der Waals surface area (Å²) in [6.07, 6.45) is 3.00. The van der Waals surface area contributed by atoms with Crippen molar-refractivity contribution in [2.75, 3.05) is 6.61 Å². The zero-order chi connectivity index (χ0) is 19.4. The third-order valence-corrected chi connectivity index (χ3v) is 4.12. The maximum absolute atomic E-state index is 14.8. The minimum Gasteiger partial charge on any atom is -0.494 e. The molecule has 3 aromatic carbocycles. The molecule has 3 aromatic rings. The Morgan fingerprint density at radius 1 is 1.00 bits per heavy atom. The van der Waals surface area contributed by atoms with Gasteiger partial charge in [-0.05, 0) is 54.6 Å². The highest BCUT2D eigenvalue weighted by atomic mass is 19.3. The van der Waals surface area contributed by atoms with Crippen LogP contribution in [0.5, 0.6) is 11.5 Å². The number of ether oxygens (including phenoxy) is 2. The SMILES string of the molecule is C/C=C/c1c(OC(F)F)cc2cc(-c3ccc(OCC)cc3)ccc2c1F. The first-order valence-electron chi connectivity index (χ1n) is 8.60. The Bertz CT molecular complexity index is 963. The van der Waals surface area contributed by atoms with Crippen LogP contribution in [0.15, 0.2) is 54.6 Å². The van der Waals surface area contributed by atoms with Crippen LogP contribution in [0.2, 0.25) is 0 Å². The van der Waals surface area contributed by atoms with Gasteiger partial charge < -0.3 is 9.47 Å². The van der Waals surface area contributed by atoms with Crippen LogP contribution in [-0.2, 0) is 0 Å². The van der Waals surface area contributed by atoms with E-state index in [9.17, 15) is 13.2 Å². The van der Waals surface area contributed by atoms with E-state index in [1.807, 2.05) is 31.2 Å². The molecule has 0 radical (unpaired) electrons. The zero-order valence-corrected chi connectivity index (χ0v) is 15.0. The number of hydrogen-bond acceptors (Lipinski definition) is 2. The van der Waals surface area contributed by atoms with Crippen molar-refractivity contribution in [1.82, 2.24) is 0 Å². The lowest BCUT2D eigenvalue weighted by atomic mass is 9.98. The predicted molar refractivity (Wildman–Crippen MR) is 102 cm³/mol. The average Bonchev–Trinajstić information content (AvgIpc) is 2.65. The Hall–Kier alpha value is -2.95. The minimum absolute atomic E-state index is 0.0131. The molecule has 0 spiro atoms. The third kappa shape index (κ3) is 4.08. The van der Waals surface area contributed by atoms with Crippen LogP contribution in [0.4, 0.5) is 13.2 Å². The summed E-state index contributed by atoms with van der Waals surface area (Å²) in [5.41, 5.74) is 1.76. The standard InChI is InChI=1S/C22H19F3O2/c1-3-5-19-20(27-22(24)25)13-16-12-15(8-11-18(16)21(19)23)14-6-9-17(10-7-14)26-4-2/h3,5-13,22H,4H2,1-2H3/b5-3+. The molecule has 0 heterocycles. The van der Waals surface area contributed by atoms with Crippen molar-refractivity contribution in [2.45, 2.75) is 20.5 Å². The molecular formula is C22H19F3O2. The molecule has 0 bridgehead atoms. The van der Waals surface area contributed by atoms with E-state index >= 15 is 0 Å². The summed E-state index contributed by atoms with van der Waals surface area (Å²) < 4.78 is 50.3. The smallest absolute Gasteiger partial charge is 0.387 e. The maximum Gasteiger partial charge on any atom is 0.387 e. The molecule has 0 aliphatic rings. The van der Waals surface area contributed by atoms with Crippen molar-refractivity contribution in [2.24, 2.45) is 0 Å². The second-order valence-electron chi connectivity index (χ2n) is 5.87. The van der Waals surface area contributed by atoms with Crippen LogP contribution in [0.3, 0.4) is 0 Å². The molecule has 5 heteroatoms. The molecule has 0 atom stereocenters. The minimum atomic E-state index is -3.03. The van der Waals surface area contributed by atoms with Gasteiger partial charge in [-0.1, -0.05) is 36.4 Å². The summed E-state index contributed by atoms with van der Waals surface area (Å²) in [5, 5.41) is 0.835. The number of alkyl halides is 2. The molecule has 3 rings (SSSR count). The highest BCUT2D eigenvalue weighted by molar-refractivity contribution is 5.91. The summed E-state index contributed by atoms with van der Waals surface area (Å²) in [6, 6.07) is 14.1. The van der Waals surface area contributed by atoms with Crippen molar-refractivity contribution in [3.05, 3.63) is 66.0 Å². The van der Waals surface area contributed by atoms with Crippen LogP contribution in [0.25, 0.3) is 28.0 Å². The molecule has 0 N–H and O–H groups in total. The highest BCUT2D eigenvalue weighted by Crippen LogP contribution is 2.34. The molecule has 0 saturated heterocycles. The first-order valence-corrected chi connectivity index (χ1v) is 8.60. The number of fused-ring (bicyclic) bond motifs is 1. The van der Waals surface area contributed by atoms with Crippen LogP contribution in [-0.4, -0.2) is 13.2 Å². The van der Waals surface area contributed by atoms with Gasteiger partial charge in [0.05, 0.1) is 12.2 Å². The maximum atomic E-state index is 14.8. The van der Waals surface area contributed by atoms with E-state index in [1.54, 1.807) is 31.2 Å². The third-order valence-electron chi connectivity index (χ3n) is 4.12. The van der Waals surface area contributed by atoms with Gasteiger partial charge >= 0.3 is 6.61 Å². The topological polar surface area (TPSA) is 18.5 Å². The Morgan fingerprint density at radius 2 is 1.70 bits per heavy atom. The number of halogens is 3. The van der Waals surface area contributed by atoms with Crippen LogP contribution in [0, 0.1) is 5.82 Å². The van der Waals surface area contributed by atoms with Crippen molar-refractivity contribution in [1.29, 1.82) is 0 Å². The fourth-order valence-corrected chi connectivity index (χ4v) is 2.96. The lowest BCUT2D eigenvalue weighted by Gasteiger charge is -2.13. The van der Waals surface area contributed by atoms with Gasteiger partial charge in [-0.15, -0.1) is 0 Å².